The average molecular weight is 558 g/mol. The molecule has 40 heavy (non-hydrogen) atoms. The Kier molecular flexibility index (Phi) is 8.21. The van der Waals surface area contributed by atoms with Crippen molar-refractivity contribution in [1.82, 2.24) is 19.2 Å². The van der Waals surface area contributed by atoms with Crippen molar-refractivity contribution < 1.29 is 8.42 Å². The van der Waals surface area contributed by atoms with Crippen molar-refractivity contribution in [2.75, 3.05) is 31.5 Å². The first-order valence-electron chi connectivity index (χ1n) is 14.1. The molecule has 1 atom stereocenters. The molecule has 1 fully saturated rings. The molecule has 1 saturated heterocycles. The summed E-state index contributed by atoms with van der Waals surface area (Å²) in [5, 5.41) is 4.47. The van der Waals surface area contributed by atoms with Gasteiger partial charge in [0.1, 0.15) is 11.6 Å². The summed E-state index contributed by atoms with van der Waals surface area (Å²) in [7, 11) is -3.53. The van der Waals surface area contributed by atoms with Crippen LogP contribution in [0.15, 0.2) is 77.7 Å². The predicted molar refractivity (Wildman–Crippen MR) is 163 cm³/mol. The van der Waals surface area contributed by atoms with E-state index in [9.17, 15) is 8.42 Å². The van der Waals surface area contributed by atoms with E-state index in [0.29, 0.717) is 42.9 Å². The highest BCUT2D eigenvalue weighted by atomic mass is 32.2. The van der Waals surface area contributed by atoms with Crippen LogP contribution in [0.3, 0.4) is 0 Å². The van der Waals surface area contributed by atoms with E-state index in [1.807, 2.05) is 36.4 Å². The van der Waals surface area contributed by atoms with E-state index < -0.39 is 10.0 Å². The Bertz CT molecular complexity index is 1560. The molecular weight excluding hydrogens is 518 g/mol. The predicted octanol–water partition coefficient (Wildman–Crippen LogP) is 6.69. The molecular formula is C32H39N5O2S. The highest BCUT2D eigenvalue weighted by molar-refractivity contribution is 7.89. The van der Waals surface area contributed by atoms with E-state index in [-0.39, 0.29) is 6.04 Å². The van der Waals surface area contributed by atoms with Crippen LogP contribution in [0.5, 0.6) is 0 Å². The van der Waals surface area contributed by atoms with Gasteiger partial charge in [-0.1, -0.05) is 64.1 Å². The minimum absolute atomic E-state index is 0.0661. The van der Waals surface area contributed by atoms with Crippen LogP contribution in [-0.4, -0.2) is 53.8 Å². The van der Waals surface area contributed by atoms with E-state index in [4.69, 9.17) is 9.97 Å². The maximum absolute atomic E-state index is 13.3. The molecule has 0 saturated carbocycles. The summed E-state index contributed by atoms with van der Waals surface area (Å²) in [5.74, 6) is 2.33. The summed E-state index contributed by atoms with van der Waals surface area (Å²) >= 11 is 0. The highest BCUT2D eigenvalue weighted by Crippen LogP contribution is 2.29. The van der Waals surface area contributed by atoms with Crippen molar-refractivity contribution in [2.45, 2.75) is 57.4 Å². The van der Waals surface area contributed by atoms with Gasteiger partial charge in [0, 0.05) is 37.3 Å². The number of benzene rings is 3. The smallest absolute Gasteiger partial charge is 0.243 e. The summed E-state index contributed by atoms with van der Waals surface area (Å²) in [6.07, 6.45) is 0. The lowest BCUT2D eigenvalue weighted by atomic mass is 10.0. The first kappa shape index (κ1) is 28.2. The van der Waals surface area contributed by atoms with E-state index in [1.165, 1.54) is 5.56 Å². The third-order valence-electron chi connectivity index (χ3n) is 7.84. The molecule has 0 bridgehead atoms. The largest absolute Gasteiger partial charge is 0.340 e. The molecule has 1 aliphatic rings. The Morgan fingerprint density at radius 2 is 1.30 bits per heavy atom. The molecule has 8 heteroatoms. The molecule has 0 aliphatic carbocycles. The van der Waals surface area contributed by atoms with E-state index in [0.717, 1.165) is 33.8 Å². The van der Waals surface area contributed by atoms with Gasteiger partial charge in [-0.2, -0.15) is 4.31 Å². The topological polar surface area (TPSA) is 78.4 Å². The lowest BCUT2D eigenvalue weighted by Gasteiger charge is -2.37. The number of sulfonamides is 1. The number of anilines is 2. The zero-order chi connectivity index (χ0) is 28.4. The summed E-state index contributed by atoms with van der Waals surface area (Å²) in [6.45, 7) is 12.8. The van der Waals surface area contributed by atoms with Crippen LogP contribution in [-0.2, 0) is 10.0 Å². The lowest BCUT2D eigenvalue weighted by molar-refractivity contribution is 0.141. The van der Waals surface area contributed by atoms with Gasteiger partial charge < -0.3 is 5.32 Å². The number of piperazine rings is 1. The number of fused-ring (bicyclic) bond motifs is 1. The molecule has 2 heterocycles. The van der Waals surface area contributed by atoms with E-state index >= 15 is 0 Å². The van der Waals surface area contributed by atoms with Crippen molar-refractivity contribution in [3.63, 3.8) is 0 Å². The molecule has 7 nitrogen and oxygen atoms in total. The second-order valence-electron chi connectivity index (χ2n) is 11.2. The maximum atomic E-state index is 13.3. The third kappa shape index (κ3) is 5.89. The van der Waals surface area contributed by atoms with Crippen LogP contribution in [0.2, 0.25) is 0 Å². The van der Waals surface area contributed by atoms with Crippen molar-refractivity contribution in [3.05, 3.63) is 89.7 Å². The van der Waals surface area contributed by atoms with Gasteiger partial charge in [0.2, 0.25) is 10.0 Å². The van der Waals surface area contributed by atoms with Crippen molar-refractivity contribution in [3.8, 4) is 0 Å². The normalized spacial score (nSPS) is 16.1. The molecule has 0 unspecified atom stereocenters. The Balaban J connectivity index is 1.33. The number of para-hydroxylation sites is 1. The molecule has 0 spiro atoms. The molecule has 1 aliphatic heterocycles. The highest BCUT2D eigenvalue weighted by Gasteiger charge is 2.31. The fraction of sp³-hybridized carbons (Fsp3) is 0.375. The van der Waals surface area contributed by atoms with Gasteiger partial charge in [0.05, 0.1) is 16.5 Å². The summed E-state index contributed by atoms with van der Waals surface area (Å²) in [5.41, 5.74) is 4.29. The average Bonchev–Trinajstić information content (AvgIpc) is 2.97. The molecule has 1 N–H and O–H groups in total. The van der Waals surface area contributed by atoms with Gasteiger partial charge in [-0.25, -0.2) is 18.4 Å². The standard InChI is InChI=1S/C32H39N5O2S/c1-22(2)25-10-14-27(15-11-25)33-32-29-8-6-7-9-30(29)34-31(35-32)24(5)36-18-20-37(21-19-36)40(38,39)28-16-12-26(13-17-28)23(3)4/h6-17,22-24H,18-21H2,1-5H3,(H,33,34,35)/t24-/m0/s1. The second kappa shape index (κ2) is 11.6. The van der Waals surface area contributed by atoms with Crippen molar-refractivity contribution in [1.29, 1.82) is 0 Å². The summed E-state index contributed by atoms with van der Waals surface area (Å²) < 4.78 is 28.2. The number of aromatic nitrogens is 2. The van der Waals surface area contributed by atoms with Gasteiger partial charge in [-0.3, -0.25) is 4.90 Å². The zero-order valence-corrected chi connectivity index (χ0v) is 24.8. The first-order valence-corrected chi connectivity index (χ1v) is 15.6. The maximum Gasteiger partial charge on any atom is 0.243 e. The molecule has 4 aromatic rings. The van der Waals surface area contributed by atoms with Crippen LogP contribution in [0.25, 0.3) is 10.9 Å². The SMILES string of the molecule is CC(C)c1ccc(Nc2nc([C@H](C)N3CCN(S(=O)(=O)c4ccc(C(C)C)cc4)CC3)nc3ccccc23)cc1. The summed E-state index contributed by atoms with van der Waals surface area (Å²) in [6, 6.07) is 23.7. The minimum Gasteiger partial charge on any atom is -0.340 e. The Hall–Kier alpha value is -3.33. The Morgan fingerprint density at radius 1 is 0.725 bits per heavy atom. The van der Waals surface area contributed by atoms with E-state index in [1.54, 1.807) is 16.4 Å². The third-order valence-corrected chi connectivity index (χ3v) is 9.75. The van der Waals surface area contributed by atoms with Crippen LogP contribution >= 0.6 is 0 Å². The van der Waals surface area contributed by atoms with Gasteiger partial charge in [-0.05, 0) is 66.3 Å². The number of hydrogen-bond acceptors (Lipinski definition) is 6. The first-order chi connectivity index (χ1) is 19.1. The Labute approximate surface area is 238 Å². The molecule has 1 aromatic heterocycles. The molecule has 0 radical (unpaired) electrons. The molecule has 210 valence electrons. The lowest BCUT2D eigenvalue weighted by Crippen LogP contribution is -2.49. The number of hydrogen-bond donors (Lipinski definition) is 1. The van der Waals surface area contributed by atoms with Crippen LogP contribution < -0.4 is 5.32 Å². The van der Waals surface area contributed by atoms with Crippen LogP contribution in [0.1, 0.15) is 69.4 Å². The number of rotatable bonds is 8. The Morgan fingerprint density at radius 3 is 1.90 bits per heavy atom. The number of nitrogens with one attached hydrogen (secondary N) is 1. The summed E-state index contributed by atoms with van der Waals surface area (Å²) in [4.78, 5) is 12.5. The minimum atomic E-state index is -3.53. The fourth-order valence-corrected chi connectivity index (χ4v) is 6.56. The fourth-order valence-electron chi connectivity index (χ4n) is 5.13. The zero-order valence-electron chi connectivity index (χ0n) is 24.0. The van der Waals surface area contributed by atoms with Gasteiger partial charge in [0.15, 0.2) is 0 Å². The second-order valence-corrected chi connectivity index (χ2v) is 13.1. The van der Waals surface area contributed by atoms with Gasteiger partial charge >= 0.3 is 0 Å². The van der Waals surface area contributed by atoms with Gasteiger partial charge in [-0.15, -0.1) is 0 Å². The van der Waals surface area contributed by atoms with Crippen LogP contribution in [0, 0.1) is 0 Å². The molecule has 0 amide bonds. The molecule has 3 aromatic carbocycles. The molecule has 5 rings (SSSR count). The quantitative estimate of drug-likeness (QED) is 0.260. The monoisotopic (exact) mass is 557 g/mol. The van der Waals surface area contributed by atoms with Crippen molar-refractivity contribution in [2.24, 2.45) is 0 Å². The van der Waals surface area contributed by atoms with Crippen molar-refractivity contribution >= 4 is 32.4 Å². The van der Waals surface area contributed by atoms with E-state index in [2.05, 4.69) is 69.1 Å². The van der Waals surface area contributed by atoms with Gasteiger partial charge in [0.25, 0.3) is 0 Å². The number of nitrogens with zero attached hydrogens (tertiary/aromatic N) is 4. The van der Waals surface area contributed by atoms with Crippen LogP contribution in [0.4, 0.5) is 11.5 Å².